The Bertz CT molecular complexity index is 1420. The predicted molar refractivity (Wildman–Crippen MR) is 165 cm³/mol. The van der Waals surface area contributed by atoms with Crippen LogP contribution in [0.25, 0.3) is 10.8 Å². The molecule has 42 heavy (non-hydrogen) atoms. The largest absolute Gasteiger partial charge is 0.488 e. The van der Waals surface area contributed by atoms with Crippen molar-refractivity contribution >= 4 is 40.1 Å². The molecule has 10 heteroatoms. The van der Waals surface area contributed by atoms with Gasteiger partial charge in [0.25, 0.3) is 0 Å². The molecule has 3 aromatic rings. The van der Waals surface area contributed by atoms with E-state index in [1.165, 1.54) is 0 Å². The van der Waals surface area contributed by atoms with E-state index in [0.29, 0.717) is 35.8 Å². The van der Waals surface area contributed by atoms with Crippen LogP contribution in [-0.2, 0) is 11.2 Å². The molecule has 0 unspecified atom stereocenters. The van der Waals surface area contributed by atoms with Crippen LogP contribution < -0.4 is 20.7 Å². The average Bonchev–Trinajstić information content (AvgIpc) is 2.99. The minimum atomic E-state index is -0.431. The van der Waals surface area contributed by atoms with Gasteiger partial charge in [-0.2, -0.15) is 0 Å². The van der Waals surface area contributed by atoms with Crippen LogP contribution in [0.5, 0.6) is 5.75 Å². The average molecular weight is 576 g/mol. The van der Waals surface area contributed by atoms with E-state index in [-0.39, 0.29) is 36.9 Å². The highest BCUT2D eigenvalue weighted by atomic mass is 16.5. The molecule has 1 aliphatic rings. The summed E-state index contributed by atoms with van der Waals surface area (Å²) in [6, 6.07) is 17.7. The van der Waals surface area contributed by atoms with Crippen molar-refractivity contribution in [2.45, 2.75) is 52.3 Å². The lowest BCUT2D eigenvalue weighted by Gasteiger charge is -2.34. The van der Waals surface area contributed by atoms with E-state index < -0.39 is 18.2 Å². The van der Waals surface area contributed by atoms with Crippen molar-refractivity contribution < 1.29 is 24.2 Å². The molecule has 3 atom stereocenters. The number of rotatable bonds is 7. The Labute approximate surface area is 247 Å². The van der Waals surface area contributed by atoms with E-state index in [9.17, 15) is 19.5 Å². The highest BCUT2D eigenvalue weighted by Crippen LogP contribution is 2.30. The maximum atomic E-state index is 13.5. The number of ether oxygens (including phenoxy) is 1. The Morgan fingerprint density at radius 3 is 2.55 bits per heavy atom. The van der Waals surface area contributed by atoms with Gasteiger partial charge in [-0.25, -0.2) is 9.59 Å². The molecule has 0 saturated heterocycles. The second-order valence-electron chi connectivity index (χ2n) is 11.3. The highest BCUT2D eigenvalue weighted by Gasteiger charge is 2.32. The summed E-state index contributed by atoms with van der Waals surface area (Å²) in [4.78, 5) is 42.3. The zero-order valence-electron chi connectivity index (χ0n) is 24.9. The second kappa shape index (κ2) is 13.6. The monoisotopic (exact) mass is 575 g/mol. The van der Waals surface area contributed by atoms with Crippen LogP contribution in [0.1, 0.15) is 33.3 Å². The standard InChI is InChI=1S/C32H41N5O5/c1-20(2)33-32(41)36(5)18-29-21(3)17-37(22(4)19-38)30(39)16-24-15-25(13-14-28(24)42-29)34-31(40)35-27-12-8-10-23-9-6-7-11-26(23)27/h6-15,20-22,29,38H,16-19H2,1-5H3,(H,33,41)(H2,34,35,40)/t21-,22-,29-/m0/s1. The number of carbonyl (C=O) groups is 3. The SMILES string of the molecule is CC(C)NC(=O)N(C)C[C@@H]1Oc2ccc(NC(=O)Nc3cccc4ccccc34)cc2CC(=O)N([C@@H](C)CO)C[C@@H]1C. The number of likely N-dealkylation sites (N-methyl/N-ethyl adjacent to an activating group) is 1. The molecule has 0 bridgehead atoms. The first-order chi connectivity index (χ1) is 20.0. The van der Waals surface area contributed by atoms with E-state index >= 15 is 0 Å². The van der Waals surface area contributed by atoms with Gasteiger partial charge < -0.3 is 35.6 Å². The van der Waals surface area contributed by atoms with Crippen molar-refractivity contribution in [2.75, 3.05) is 37.4 Å². The summed E-state index contributed by atoms with van der Waals surface area (Å²) in [5.41, 5.74) is 1.79. The van der Waals surface area contributed by atoms with E-state index in [1.807, 2.05) is 63.2 Å². The molecule has 1 heterocycles. The third-order valence-corrected chi connectivity index (χ3v) is 7.42. The highest BCUT2D eigenvalue weighted by molar-refractivity contribution is 6.06. The molecule has 10 nitrogen and oxygen atoms in total. The fourth-order valence-corrected chi connectivity index (χ4v) is 5.05. The maximum absolute atomic E-state index is 13.5. The molecular formula is C32H41N5O5. The van der Waals surface area contributed by atoms with Crippen LogP contribution in [0.3, 0.4) is 0 Å². The summed E-state index contributed by atoms with van der Waals surface area (Å²) in [6.07, 6.45) is -0.400. The van der Waals surface area contributed by atoms with Crippen molar-refractivity contribution in [3.63, 3.8) is 0 Å². The molecule has 224 valence electrons. The molecule has 0 aliphatic carbocycles. The lowest BCUT2D eigenvalue weighted by atomic mass is 10.0. The maximum Gasteiger partial charge on any atom is 0.323 e. The third kappa shape index (κ3) is 7.50. The van der Waals surface area contributed by atoms with Gasteiger partial charge in [-0.05, 0) is 50.4 Å². The minimum Gasteiger partial charge on any atom is -0.488 e. The quantitative estimate of drug-likeness (QED) is 0.326. The van der Waals surface area contributed by atoms with E-state index in [2.05, 4.69) is 16.0 Å². The molecule has 0 fully saturated rings. The Morgan fingerprint density at radius 1 is 1.07 bits per heavy atom. The van der Waals surface area contributed by atoms with E-state index in [1.54, 1.807) is 42.0 Å². The van der Waals surface area contributed by atoms with Gasteiger partial charge in [-0.15, -0.1) is 0 Å². The summed E-state index contributed by atoms with van der Waals surface area (Å²) in [6.45, 7) is 8.05. The molecule has 4 N–H and O–H groups in total. The number of hydrogen-bond acceptors (Lipinski definition) is 5. The van der Waals surface area contributed by atoms with Crippen molar-refractivity contribution in [1.29, 1.82) is 0 Å². The Morgan fingerprint density at radius 2 is 1.81 bits per heavy atom. The van der Waals surface area contributed by atoms with E-state index in [4.69, 9.17) is 4.74 Å². The number of carbonyl (C=O) groups excluding carboxylic acids is 3. The van der Waals surface area contributed by atoms with E-state index in [0.717, 1.165) is 10.8 Å². The first-order valence-electron chi connectivity index (χ1n) is 14.3. The Kier molecular flexibility index (Phi) is 9.90. The van der Waals surface area contributed by atoms with Crippen LogP contribution in [0.15, 0.2) is 60.7 Å². The van der Waals surface area contributed by atoms with Gasteiger partial charge in [0, 0.05) is 42.2 Å². The number of urea groups is 2. The van der Waals surface area contributed by atoms with Crippen molar-refractivity contribution in [1.82, 2.24) is 15.1 Å². The second-order valence-corrected chi connectivity index (χ2v) is 11.3. The molecule has 3 aromatic carbocycles. The lowest BCUT2D eigenvalue weighted by molar-refractivity contribution is -0.134. The van der Waals surface area contributed by atoms with Crippen molar-refractivity contribution in [2.24, 2.45) is 5.92 Å². The number of fused-ring (bicyclic) bond motifs is 2. The van der Waals surface area contributed by atoms with Crippen LogP contribution in [0.4, 0.5) is 21.0 Å². The first kappa shape index (κ1) is 30.6. The molecule has 5 amide bonds. The van der Waals surface area contributed by atoms with Crippen LogP contribution >= 0.6 is 0 Å². The van der Waals surface area contributed by atoms with Crippen LogP contribution in [-0.4, -0.2) is 77.8 Å². The molecule has 4 rings (SSSR count). The smallest absolute Gasteiger partial charge is 0.323 e. The van der Waals surface area contributed by atoms with Gasteiger partial charge in [0.2, 0.25) is 5.91 Å². The van der Waals surface area contributed by atoms with Crippen molar-refractivity contribution in [3.05, 3.63) is 66.2 Å². The normalized spacial score (nSPS) is 17.8. The first-order valence-corrected chi connectivity index (χ1v) is 14.3. The van der Waals surface area contributed by atoms with Crippen LogP contribution in [0, 0.1) is 5.92 Å². The Balaban J connectivity index is 1.58. The zero-order chi connectivity index (χ0) is 30.4. The molecule has 0 spiro atoms. The number of nitrogens with zero attached hydrogens (tertiary/aromatic N) is 2. The number of amides is 5. The van der Waals surface area contributed by atoms with Crippen LogP contribution in [0.2, 0.25) is 0 Å². The molecule has 0 radical (unpaired) electrons. The summed E-state index contributed by atoms with van der Waals surface area (Å²) in [5.74, 6) is 0.209. The number of aliphatic hydroxyl groups is 1. The summed E-state index contributed by atoms with van der Waals surface area (Å²) in [5, 5.41) is 20.5. The summed E-state index contributed by atoms with van der Waals surface area (Å²) >= 11 is 0. The van der Waals surface area contributed by atoms with Gasteiger partial charge in [-0.1, -0.05) is 43.3 Å². The van der Waals surface area contributed by atoms with Gasteiger partial charge in [0.05, 0.1) is 31.3 Å². The fourth-order valence-electron chi connectivity index (χ4n) is 5.05. The molecule has 0 aromatic heterocycles. The number of benzene rings is 3. The summed E-state index contributed by atoms with van der Waals surface area (Å²) < 4.78 is 6.48. The predicted octanol–water partition coefficient (Wildman–Crippen LogP) is 4.68. The fraction of sp³-hybridized carbons (Fsp3) is 0.406. The number of hydrogen-bond donors (Lipinski definition) is 4. The minimum absolute atomic E-state index is 0.0122. The number of aliphatic hydroxyl groups excluding tert-OH is 1. The number of anilines is 2. The molecule has 0 saturated carbocycles. The molecule has 1 aliphatic heterocycles. The number of nitrogens with one attached hydrogen (secondary N) is 3. The van der Waals surface area contributed by atoms with Crippen molar-refractivity contribution in [3.8, 4) is 5.75 Å². The summed E-state index contributed by atoms with van der Waals surface area (Å²) in [7, 11) is 1.71. The zero-order valence-corrected chi connectivity index (χ0v) is 24.9. The third-order valence-electron chi connectivity index (χ3n) is 7.42. The Hall–Kier alpha value is -4.31. The van der Waals surface area contributed by atoms with Gasteiger partial charge in [0.15, 0.2) is 0 Å². The lowest BCUT2D eigenvalue weighted by Crippen LogP contribution is -2.49. The van der Waals surface area contributed by atoms with Gasteiger partial charge in [-0.3, -0.25) is 4.79 Å². The topological polar surface area (TPSA) is 123 Å². The van der Waals surface area contributed by atoms with Gasteiger partial charge >= 0.3 is 12.1 Å². The molecular weight excluding hydrogens is 534 g/mol. The van der Waals surface area contributed by atoms with Gasteiger partial charge in [0.1, 0.15) is 11.9 Å².